The van der Waals surface area contributed by atoms with Crippen molar-refractivity contribution in [1.82, 2.24) is 10.9 Å². The standard InChI is InChI=1S/C25H29N3O7/c1-2-3-16-34-25(33)19-12-14-20(15-13-19)26-22(30)17-35-23(31)11-7-10-21(29)27-28-24(32)18-8-5-4-6-9-18/h4-6,8-9,12-15H,2-3,7,10-11,16-17H2,1H3,(H,26,30)(H,27,29)(H,28,32). The van der Waals surface area contributed by atoms with Crippen LogP contribution >= 0.6 is 0 Å². The average Bonchev–Trinajstić information content (AvgIpc) is 2.87. The van der Waals surface area contributed by atoms with Gasteiger partial charge in [-0.1, -0.05) is 31.5 Å². The van der Waals surface area contributed by atoms with E-state index < -0.39 is 36.3 Å². The fraction of sp³-hybridized carbons (Fsp3) is 0.320. The van der Waals surface area contributed by atoms with Gasteiger partial charge in [0.05, 0.1) is 12.2 Å². The van der Waals surface area contributed by atoms with E-state index in [1.807, 2.05) is 6.92 Å². The Morgan fingerprint density at radius 2 is 1.46 bits per heavy atom. The number of carbonyl (C=O) groups excluding carboxylic acids is 5. The van der Waals surface area contributed by atoms with E-state index in [4.69, 9.17) is 9.47 Å². The van der Waals surface area contributed by atoms with E-state index in [1.165, 1.54) is 12.1 Å². The smallest absolute Gasteiger partial charge is 0.338 e. The van der Waals surface area contributed by atoms with E-state index in [2.05, 4.69) is 16.2 Å². The minimum Gasteiger partial charge on any atom is -0.462 e. The van der Waals surface area contributed by atoms with Gasteiger partial charge in [-0.3, -0.25) is 30.0 Å². The molecule has 0 spiro atoms. The Morgan fingerprint density at radius 3 is 2.14 bits per heavy atom. The number of benzene rings is 2. The number of amides is 3. The molecule has 2 rings (SSSR count). The van der Waals surface area contributed by atoms with E-state index in [-0.39, 0.29) is 19.3 Å². The van der Waals surface area contributed by atoms with Gasteiger partial charge in [0.1, 0.15) is 0 Å². The molecule has 0 heterocycles. The summed E-state index contributed by atoms with van der Waals surface area (Å²) < 4.78 is 10.0. The monoisotopic (exact) mass is 483 g/mol. The number of hydrogen-bond donors (Lipinski definition) is 3. The van der Waals surface area contributed by atoms with Crippen LogP contribution in [0.3, 0.4) is 0 Å². The number of rotatable bonds is 12. The molecule has 2 aromatic rings. The van der Waals surface area contributed by atoms with Crippen LogP contribution in [0, 0.1) is 0 Å². The third-order valence-corrected chi connectivity index (χ3v) is 4.64. The van der Waals surface area contributed by atoms with Crippen LogP contribution in [0.1, 0.15) is 59.7 Å². The fourth-order valence-corrected chi connectivity index (χ4v) is 2.74. The van der Waals surface area contributed by atoms with Gasteiger partial charge in [0.2, 0.25) is 5.91 Å². The van der Waals surface area contributed by atoms with E-state index in [0.29, 0.717) is 23.4 Å². The predicted molar refractivity (Wildman–Crippen MR) is 127 cm³/mol. The van der Waals surface area contributed by atoms with Gasteiger partial charge in [0, 0.05) is 24.1 Å². The molecule has 0 aromatic heterocycles. The van der Waals surface area contributed by atoms with Crippen molar-refractivity contribution < 1.29 is 33.4 Å². The first-order valence-corrected chi connectivity index (χ1v) is 11.3. The first-order chi connectivity index (χ1) is 16.9. The minimum atomic E-state index is -0.633. The number of ether oxygens (including phenoxy) is 2. The van der Waals surface area contributed by atoms with E-state index in [9.17, 15) is 24.0 Å². The molecular formula is C25H29N3O7. The normalized spacial score (nSPS) is 10.1. The number of carbonyl (C=O) groups is 5. The van der Waals surface area contributed by atoms with Crippen molar-refractivity contribution >= 4 is 35.3 Å². The fourth-order valence-electron chi connectivity index (χ4n) is 2.74. The molecule has 186 valence electrons. The van der Waals surface area contributed by atoms with Gasteiger partial charge in [-0.05, 0) is 49.2 Å². The highest BCUT2D eigenvalue weighted by Gasteiger charge is 2.12. The second-order valence-corrected chi connectivity index (χ2v) is 7.50. The summed E-state index contributed by atoms with van der Waals surface area (Å²) in [6, 6.07) is 14.5. The predicted octanol–water partition coefficient (Wildman–Crippen LogP) is 2.76. The van der Waals surface area contributed by atoms with Gasteiger partial charge in [0.25, 0.3) is 11.8 Å². The van der Waals surface area contributed by atoms with Gasteiger partial charge in [0.15, 0.2) is 6.61 Å². The van der Waals surface area contributed by atoms with Crippen molar-refractivity contribution in [1.29, 1.82) is 0 Å². The second-order valence-electron chi connectivity index (χ2n) is 7.50. The van der Waals surface area contributed by atoms with Crippen LogP contribution in [0.4, 0.5) is 5.69 Å². The van der Waals surface area contributed by atoms with Crippen LogP contribution in [0.2, 0.25) is 0 Å². The highest BCUT2D eigenvalue weighted by atomic mass is 16.5. The van der Waals surface area contributed by atoms with Crippen molar-refractivity contribution in [2.24, 2.45) is 0 Å². The largest absolute Gasteiger partial charge is 0.462 e. The molecule has 0 bridgehead atoms. The molecule has 2 aromatic carbocycles. The molecule has 0 fully saturated rings. The third-order valence-electron chi connectivity index (χ3n) is 4.64. The molecule has 0 atom stereocenters. The zero-order valence-corrected chi connectivity index (χ0v) is 19.5. The lowest BCUT2D eigenvalue weighted by Crippen LogP contribution is -2.41. The lowest BCUT2D eigenvalue weighted by atomic mass is 10.2. The number of nitrogens with one attached hydrogen (secondary N) is 3. The lowest BCUT2D eigenvalue weighted by Gasteiger charge is -2.08. The van der Waals surface area contributed by atoms with E-state index in [0.717, 1.165) is 12.8 Å². The Labute approximate surface area is 203 Å². The van der Waals surface area contributed by atoms with Crippen molar-refractivity contribution in [2.45, 2.75) is 39.0 Å². The quantitative estimate of drug-likeness (QED) is 0.240. The molecule has 10 nitrogen and oxygen atoms in total. The van der Waals surface area contributed by atoms with Gasteiger partial charge in [-0.2, -0.15) is 0 Å². The first-order valence-electron chi connectivity index (χ1n) is 11.3. The molecular weight excluding hydrogens is 454 g/mol. The van der Waals surface area contributed by atoms with E-state index >= 15 is 0 Å². The van der Waals surface area contributed by atoms with Crippen LogP contribution in [0.15, 0.2) is 54.6 Å². The van der Waals surface area contributed by atoms with Gasteiger partial charge in [-0.15, -0.1) is 0 Å². The van der Waals surface area contributed by atoms with Gasteiger partial charge >= 0.3 is 11.9 Å². The summed E-state index contributed by atoms with van der Waals surface area (Å²) in [7, 11) is 0. The van der Waals surface area contributed by atoms with Crippen LogP contribution in [-0.4, -0.2) is 42.9 Å². The van der Waals surface area contributed by atoms with Crippen LogP contribution in [0.25, 0.3) is 0 Å². The summed E-state index contributed by atoms with van der Waals surface area (Å²) >= 11 is 0. The van der Waals surface area contributed by atoms with Crippen molar-refractivity contribution in [2.75, 3.05) is 18.5 Å². The number of anilines is 1. The summed E-state index contributed by atoms with van der Waals surface area (Å²) in [4.78, 5) is 59.3. The SMILES string of the molecule is CCCCOC(=O)c1ccc(NC(=O)COC(=O)CCCC(=O)NNC(=O)c2ccccc2)cc1. The topological polar surface area (TPSA) is 140 Å². The zero-order chi connectivity index (χ0) is 25.5. The Bertz CT molecular complexity index is 1010. The molecule has 0 saturated heterocycles. The minimum absolute atomic E-state index is 0.0103. The molecule has 0 aliphatic rings. The van der Waals surface area contributed by atoms with Crippen molar-refractivity contribution in [3.8, 4) is 0 Å². The number of hydrazine groups is 1. The molecule has 0 aliphatic carbocycles. The highest BCUT2D eigenvalue weighted by molar-refractivity contribution is 5.95. The number of hydrogen-bond acceptors (Lipinski definition) is 7. The number of esters is 2. The molecule has 0 unspecified atom stereocenters. The molecule has 3 amide bonds. The first kappa shape index (κ1) is 27.0. The average molecular weight is 484 g/mol. The number of unbranched alkanes of at least 4 members (excludes halogenated alkanes) is 1. The van der Waals surface area contributed by atoms with Gasteiger partial charge < -0.3 is 14.8 Å². The maximum Gasteiger partial charge on any atom is 0.338 e. The lowest BCUT2D eigenvalue weighted by molar-refractivity contribution is -0.147. The van der Waals surface area contributed by atoms with Crippen molar-refractivity contribution in [3.63, 3.8) is 0 Å². The maximum absolute atomic E-state index is 12.0. The van der Waals surface area contributed by atoms with Crippen LogP contribution in [0.5, 0.6) is 0 Å². The third kappa shape index (κ3) is 10.5. The summed E-state index contributed by atoms with van der Waals surface area (Å²) in [5, 5.41) is 2.56. The summed E-state index contributed by atoms with van der Waals surface area (Å²) in [5.41, 5.74) is 5.76. The Hall–Kier alpha value is -4.21. The summed E-state index contributed by atoms with van der Waals surface area (Å²) in [5.74, 6) is -2.52. The van der Waals surface area contributed by atoms with Crippen molar-refractivity contribution in [3.05, 3.63) is 65.7 Å². The Kier molecular flexibility index (Phi) is 11.5. The van der Waals surface area contributed by atoms with Crippen LogP contribution in [-0.2, 0) is 23.9 Å². The summed E-state index contributed by atoms with van der Waals surface area (Å²) in [6.45, 7) is 1.87. The molecule has 0 radical (unpaired) electrons. The maximum atomic E-state index is 12.0. The van der Waals surface area contributed by atoms with Gasteiger partial charge in [-0.25, -0.2) is 4.79 Å². The highest BCUT2D eigenvalue weighted by Crippen LogP contribution is 2.11. The zero-order valence-electron chi connectivity index (χ0n) is 19.5. The Morgan fingerprint density at radius 1 is 0.743 bits per heavy atom. The molecule has 0 saturated carbocycles. The molecule has 0 aliphatic heterocycles. The molecule has 10 heteroatoms. The van der Waals surface area contributed by atoms with E-state index in [1.54, 1.807) is 42.5 Å². The van der Waals surface area contributed by atoms with Crippen LogP contribution < -0.4 is 16.2 Å². The molecule has 35 heavy (non-hydrogen) atoms. The Balaban J connectivity index is 1.60. The molecule has 3 N–H and O–H groups in total. The second kappa shape index (κ2) is 14.8. The summed E-state index contributed by atoms with van der Waals surface area (Å²) in [6.07, 6.45) is 1.82.